The Bertz CT molecular complexity index is 579. The zero-order valence-corrected chi connectivity index (χ0v) is 13.9. The maximum Gasteiger partial charge on any atom is 0.0453 e. The van der Waals surface area contributed by atoms with Gasteiger partial charge in [-0.05, 0) is 55.1 Å². The van der Waals surface area contributed by atoms with Gasteiger partial charge in [0.2, 0.25) is 0 Å². The summed E-state index contributed by atoms with van der Waals surface area (Å²) in [5.41, 5.74) is 3.30. The Labute approximate surface area is 136 Å². The van der Waals surface area contributed by atoms with Crippen LogP contribution in [-0.2, 0) is 6.42 Å². The van der Waals surface area contributed by atoms with Crippen molar-refractivity contribution in [3.8, 4) is 0 Å². The average Bonchev–Trinajstić information content (AvgIpc) is 2.46. The Balaban J connectivity index is 2.28. The summed E-state index contributed by atoms with van der Waals surface area (Å²) in [6.07, 6.45) is 5.60. The number of hydrogen-bond acceptors (Lipinski definition) is 2. The summed E-state index contributed by atoms with van der Waals surface area (Å²) in [4.78, 5) is 4.29. The van der Waals surface area contributed by atoms with Crippen LogP contribution in [0.5, 0.6) is 0 Å². The lowest BCUT2D eigenvalue weighted by Crippen LogP contribution is -2.24. The van der Waals surface area contributed by atoms with Gasteiger partial charge in [-0.2, -0.15) is 0 Å². The summed E-state index contributed by atoms with van der Waals surface area (Å²) < 4.78 is 0. The van der Waals surface area contributed by atoms with Crippen molar-refractivity contribution in [1.29, 1.82) is 0 Å². The van der Waals surface area contributed by atoms with Crippen LogP contribution in [0.4, 0.5) is 0 Å². The normalized spacial score (nSPS) is 12.4. The molecule has 1 aromatic heterocycles. The van der Waals surface area contributed by atoms with E-state index in [-0.39, 0.29) is 6.04 Å². The fourth-order valence-electron chi connectivity index (χ4n) is 2.33. The molecule has 0 saturated heterocycles. The molecule has 112 valence electrons. The largest absolute Gasteiger partial charge is 0.310 e. The Morgan fingerprint density at radius 3 is 2.52 bits per heavy atom. The minimum atomic E-state index is 0.162. The Kier molecular flexibility index (Phi) is 6.04. The second kappa shape index (κ2) is 7.79. The van der Waals surface area contributed by atoms with Gasteiger partial charge in [0.05, 0.1) is 0 Å². The molecule has 0 aliphatic heterocycles. The molecule has 1 aromatic carbocycles. The number of benzene rings is 1. The molecule has 0 spiro atoms. The minimum Gasteiger partial charge on any atom is -0.310 e. The quantitative estimate of drug-likeness (QED) is 0.811. The highest BCUT2D eigenvalue weighted by Crippen LogP contribution is 2.29. The van der Waals surface area contributed by atoms with Gasteiger partial charge in [0.1, 0.15) is 0 Å². The molecule has 1 unspecified atom stereocenters. The standard InChI is InChI=1S/C17H20Cl2N2/c1-3-7-21-17(13-8-12(2)10-20-11-13)9-14-15(18)5-4-6-16(14)19/h4-6,8,10-11,17,21H,3,7,9H2,1-2H3. The number of rotatable bonds is 6. The molecule has 0 aliphatic carbocycles. The van der Waals surface area contributed by atoms with Crippen LogP contribution in [0.1, 0.15) is 36.1 Å². The van der Waals surface area contributed by atoms with Crippen LogP contribution < -0.4 is 5.32 Å². The molecule has 21 heavy (non-hydrogen) atoms. The van der Waals surface area contributed by atoms with Gasteiger partial charge < -0.3 is 5.32 Å². The van der Waals surface area contributed by atoms with Crippen molar-refractivity contribution in [2.45, 2.75) is 32.7 Å². The molecule has 0 amide bonds. The van der Waals surface area contributed by atoms with Gasteiger partial charge in [0.15, 0.2) is 0 Å². The van der Waals surface area contributed by atoms with E-state index in [4.69, 9.17) is 23.2 Å². The van der Waals surface area contributed by atoms with Crippen molar-refractivity contribution in [2.24, 2.45) is 0 Å². The molecule has 2 nitrogen and oxygen atoms in total. The van der Waals surface area contributed by atoms with Crippen molar-refractivity contribution in [3.05, 3.63) is 63.4 Å². The van der Waals surface area contributed by atoms with E-state index in [0.29, 0.717) is 10.0 Å². The summed E-state index contributed by atoms with van der Waals surface area (Å²) in [6, 6.07) is 7.96. The lowest BCUT2D eigenvalue weighted by Gasteiger charge is -2.20. The van der Waals surface area contributed by atoms with Crippen LogP contribution in [0.15, 0.2) is 36.7 Å². The van der Waals surface area contributed by atoms with Gasteiger partial charge in [0.25, 0.3) is 0 Å². The first-order valence-corrected chi connectivity index (χ1v) is 7.95. The number of hydrogen-bond donors (Lipinski definition) is 1. The van der Waals surface area contributed by atoms with E-state index in [2.05, 4.69) is 30.2 Å². The Morgan fingerprint density at radius 2 is 1.90 bits per heavy atom. The third-order valence-electron chi connectivity index (χ3n) is 3.41. The van der Waals surface area contributed by atoms with Crippen molar-refractivity contribution in [2.75, 3.05) is 6.54 Å². The molecule has 0 bridgehead atoms. The molecule has 0 radical (unpaired) electrons. The van der Waals surface area contributed by atoms with E-state index in [1.54, 1.807) is 0 Å². The van der Waals surface area contributed by atoms with Crippen LogP contribution in [0.3, 0.4) is 0 Å². The Morgan fingerprint density at radius 1 is 1.19 bits per heavy atom. The highest BCUT2D eigenvalue weighted by Gasteiger charge is 2.16. The summed E-state index contributed by atoms with van der Waals surface area (Å²) >= 11 is 12.6. The van der Waals surface area contributed by atoms with E-state index in [9.17, 15) is 0 Å². The van der Waals surface area contributed by atoms with Crippen molar-refractivity contribution < 1.29 is 0 Å². The fourth-order valence-corrected chi connectivity index (χ4v) is 2.88. The van der Waals surface area contributed by atoms with Crippen LogP contribution >= 0.6 is 23.2 Å². The summed E-state index contributed by atoms with van der Waals surface area (Å²) in [5.74, 6) is 0. The third-order valence-corrected chi connectivity index (χ3v) is 4.12. The fraction of sp³-hybridized carbons (Fsp3) is 0.353. The molecule has 1 heterocycles. The van der Waals surface area contributed by atoms with E-state index < -0.39 is 0 Å². The maximum absolute atomic E-state index is 6.30. The maximum atomic E-state index is 6.30. The van der Waals surface area contributed by atoms with Gasteiger partial charge >= 0.3 is 0 Å². The van der Waals surface area contributed by atoms with Gasteiger partial charge in [0, 0.05) is 28.5 Å². The predicted octanol–water partition coefficient (Wildman–Crippen LogP) is 4.98. The number of halogens is 2. The smallest absolute Gasteiger partial charge is 0.0453 e. The van der Waals surface area contributed by atoms with Crippen molar-refractivity contribution >= 4 is 23.2 Å². The van der Waals surface area contributed by atoms with Gasteiger partial charge in [-0.3, -0.25) is 4.98 Å². The van der Waals surface area contributed by atoms with Gasteiger partial charge in [-0.25, -0.2) is 0 Å². The number of nitrogens with one attached hydrogen (secondary N) is 1. The Hall–Kier alpha value is -1.09. The van der Waals surface area contributed by atoms with Crippen LogP contribution in [0.2, 0.25) is 10.0 Å². The number of aryl methyl sites for hydroxylation is 1. The second-order valence-electron chi connectivity index (χ2n) is 5.21. The summed E-state index contributed by atoms with van der Waals surface area (Å²) in [6.45, 7) is 5.15. The topological polar surface area (TPSA) is 24.9 Å². The average molecular weight is 323 g/mol. The second-order valence-corrected chi connectivity index (χ2v) is 6.02. The van der Waals surface area contributed by atoms with E-state index in [1.807, 2.05) is 30.6 Å². The van der Waals surface area contributed by atoms with E-state index >= 15 is 0 Å². The zero-order chi connectivity index (χ0) is 15.2. The first kappa shape index (κ1) is 16.3. The van der Waals surface area contributed by atoms with Crippen molar-refractivity contribution in [1.82, 2.24) is 10.3 Å². The van der Waals surface area contributed by atoms with Crippen molar-refractivity contribution in [3.63, 3.8) is 0 Å². The molecule has 1 N–H and O–H groups in total. The molecule has 1 atom stereocenters. The number of pyridine rings is 1. The molecular weight excluding hydrogens is 303 g/mol. The predicted molar refractivity (Wildman–Crippen MR) is 90.2 cm³/mol. The summed E-state index contributed by atoms with van der Waals surface area (Å²) in [5, 5.41) is 4.99. The first-order valence-electron chi connectivity index (χ1n) is 7.19. The highest BCUT2D eigenvalue weighted by atomic mass is 35.5. The van der Waals surface area contributed by atoms with Crippen LogP contribution in [0, 0.1) is 6.92 Å². The lowest BCUT2D eigenvalue weighted by molar-refractivity contribution is 0.527. The van der Waals surface area contributed by atoms with E-state index in [0.717, 1.165) is 30.5 Å². The lowest BCUT2D eigenvalue weighted by atomic mass is 9.99. The molecule has 0 saturated carbocycles. The number of nitrogens with zero attached hydrogens (tertiary/aromatic N) is 1. The van der Waals surface area contributed by atoms with E-state index in [1.165, 1.54) is 5.56 Å². The molecule has 0 fully saturated rings. The first-order chi connectivity index (χ1) is 10.1. The SMILES string of the molecule is CCCNC(Cc1c(Cl)cccc1Cl)c1cncc(C)c1. The zero-order valence-electron chi connectivity index (χ0n) is 12.4. The van der Waals surface area contributed by atoms with Gasteiger partial charge in [-0.1, -0.05) is 42.3 Å². The van der Waals surface area contributed by atoms with Crippen LogP contribution in [0.25, 0.3) is 0 Å². The van der Waals surface area contributed by atoms with Crippen LogP contribution in [-0.4, -0.2) is 11.5 Å². The third kappa shape index (κ3) is 4.44. The summed E-state index contributed by atoms with van der Waals surface area (Å²) in [7, 11) is 0. The highest BCUT2D eigenvalue weighted by molar-refractivity contribution is 6.36. The minimum absolute atomic E-state index is 0.162. The molecule has 2 rings (SSSR count). The van der Waals surface area contributed by atoms with Gasteiger partial charge in [-0.15, -0.1) is 0 Å². The molecule has 2 aromatic rings. The molecular formula is C17H20Cl2N2. The monoisotopic (exact) mass is 322 g/mol. The molecule has 4 heteroatoms. The number of aromatic nitrogens is 1. The molecule has 0 aliphatic rings.